The van der Waals surface area contributed by atoms with E-state index in [2.05, 4.69) is 4.72 Å². The van der Waals surface area contributed by atoms with E-state index in [0.717, 1.165) is 4.90 Å². The highest BCUT2D eigenvalue weighted by Crippen LogP contribution is 2.27. The number of ether oxygens (including phenoxy) is 1. The van der Waals surface area contributed by atoms with E-state index >= 15 is 0 Å². The number of carbonyl (C=O) groups excluding carboxylic acids is 1. The monoisotopic (exact) mass is 466 g/mol. The van der Waals surface area contributed by atoms with Crippen molar-refractivity contribution in [1.29, 1.82) is 0 Å². The van der Waals surface area contributed by atoms with Gasteiger partial charge in [0.25, 0.3) is 22.4 Å². The number of alkyl halides is 2. The number of anilines is 1. The third-order valence-electron chi connectivity index (χ3n) is 3.76. The molecule has 0 radical (unpaired) electrons. The van der Waals surface area contributed by atoms with Crippen LogP contribution in [-0.4, -0.2) is 52.5 Å². The molecule has 0 atom stereocenters. The lowest BCUT2D eigenvalue weighted by molar-refractivity contribution is 0.0478. The number of halogens is 4. The van der Waals surface area contributed by atoms with Crippen LogP contribution >= 0.6 is 23.2 Å². The maximum absolute atomic E-state index is 12.8. The zero-order chi connectivity index (χ0) is 21.6. The van der Waals surface area contributed by atoms with Crippen LogP contribution in [0.5, 0.6) is 0 Å². The number of carbonyl (C=O) groups is 1. The number of sulfonamides is 1. The van der Waals surface area contributed by atoms with E-state index in [1.165, 1.54) is 49.6 Å². The Morgan fingerprint density at radius 3 is 2.59 bits per heavy atom. The molecule has 0 aliphatic carbocycles. The smallest absolute Gasteiger partial charge is 0.263 e. The molecule has 0 aromatic heterocycles. The van der Waals surface area contributed by atoms with Crippen LogP contribution in [0.15, 0.2) is 47.4 Å². The fraction of sp³-hybridized carbons (Fsp3) is 0.278. The van der Waals surface area contributed by atoms with Gasteiger partial charge in [0.1, 0.15) is 4.90 Å². The van der Waals surface area contributed by atoms with Crippen LogP contribution < -0.4 is 4.72 Å². The van der Waals surface area contributed by atoms with Gasteiger partial charge in [0, 0.05) is 29.9 Å². The van der Waals surface area contributed by atoms with Crippen molar-refractivity contribution in [2.45, 2.75) is 11.3 Å². The summed E-state index contributed by atoms with van der Waals surface area (Å²) in [6, 6.07) is 9.48. The Kier molecular flexibility index (Phi) is 8.21. The Balaban J connectivity index is 2.28. The lowest BCUT2D eigenvalue weighted by Gasteiger charge is -2.22. The normalized spacial score (nSPS) is 11.5. The summed E-state index contributed by atoms with van der Waals surface area (Å²) < 4.78 is 58.0. The first kappa shape index (κ1) is 23.3. The van der Waals surface area contributed by atoms with Crippen LogP contribution in [-0.2, 0) is 14.8 Å². The molecule has 0 saturated carbocycles. The molecule has 158 valence electrons. The second-order valence-electron chi connectivity index (χ2n) is 5.90. The Hall–Kier alpha value is -1.94. The number of hydrogen-bond acceptors (Lipinski definition) is 4. The molecule has 11 heteroatoms. The molecule has 2 aromatic carbocycles. The predicted octanol–water partition coefficient (Wildman–Crippen LogP) is 4.15. The van der Waals surface area contributed by atoms with E-state index in [1.54, 1.807) is 0 Å². The van der Waals surface area contributed by atoms with E-state index in [1.807, 2.05) is 0 Å². The Labute approximate surface area is 177 Å². The highest BCUT2D eigenvalue weighted by atomic mass is 35.5. The summed E-state index contributed by atoms with van der Waals surface area (Å²) in [6.07, 6.45) is -2.72. The molecular weight excluding hydrogens is 449 g/mol. The van der Waals surface area contributed by atoms with Gasteiger partial charge in [0.15, 0.2) is 0 Å². The fourth-order valence-corrected chi connectivity index (χ4v) is 4.25. The number of hydrogen-bond donors (Lipinski definition) is 1. The van der Waals surface area contributed by atoms with Gasteiger partial charge in [-0.1, -0.05) is 29.3 Å². The van der Waals surface area contributed by atoms with E-state index in [0.29, 0.717) is 0 Å². The van der Waals surface area contributed by atoms with Crippen molar-refractivity contribution in [3.05, 3.63) is 58.1 Å². The van der Waals surface area contributed by atoms with E-state index in [4.69, 9.17) is 27.9 Å². The molecule has 0 aliphatic rings. The third kappa shape index (κ3) is 6.53. The first-order valence-electron chi connectivity index (χ1n) is 8.28. The molecule has 0 aliphatic heterocycles. The van der Waals surface area contributed by atoms with Crippen molar-refractivity contribution in [3.63, 3.8) is 0 Å². The van der Waals surface area contributed by atoms with Gasteiger partial charge in [0.05, 0.1) is 18.2 Å². The molecule has 0 heterocycles. The van der Waals surface area contributed by atoms with Crippen LogP contribution in [0.2, 0.25) is 10.0 Å². The summed E-state index contributed by atoms with van der Waals surface area (Å²) in [5.41, 5.74) is 0.106. The fourth-order valence-electron chi connectivity index (χ4n) is 2.44. The van der Waals surface area contributed by atoms with Crippen molar-refractivity contribution in [3.8, 4) is 0 Å². The van der Waals surface area contributed by atoms with Crippen molar-refractivity contribution in [1.82, 2.24) is 4.90 Å². The summed E-state index contributed by atoms with van der Waals surface area (Å²) in [5, 5.41) is 0.149. The summed E-state index contributed by atoms with van der Waals surface area (Å²) in [5.74, 6) is -0.677. The number of nitrogens with zero attached hydrogens (tertiary/aromatic N) is 1. The average Bonchev–Trinajstić information content (AvgIpc) is 2.66. The first-order chi connectivity index (χ1) is 13.6. The topological polar surface area (TPSA) is 75.7 Å². The van der Waals surface area contributed by atoms with Crippen LogP contribution in [0.25, 0.3) is 0 Å². The van der Waals surface area contributed by atoms with Crippen LogP contribution in [0.3, 0.4) is 0 Å². The molecule has 29 heavy (non-hydrogen) atoms. The van der Waals surface area contributed by atoms with Crippen LogP contribution in [0.1, 0.15) is 10.4 Å². The highest BCUT2D eigenvalue weighted by Gasteiger charge is 2.22. The highest BCUT2D eigenvalue weighted by molar-refractivity contribution is 7.92. The van der Waals surface area contributed by atoms with E-state index in [9.17, 15) is 22.0 Å². The minimum absolute atomic E-state index is 0.0307. The second kappa shape index (κ2) is 10.2. The maximum atomic E-state index is 12.8. The van der Waals surface area contributed by atoms with Gasteiger partial charge in [-0.15, -0.1) is 0 Å². The zero-order valence-corrected chi connectivity index (χ0v) is 17.6. The van der Waals surface area contributed by atoms with Gasteiger partial charge in [-0.2, -0.15) is 0 Å². The van der Waals surface area contributed by atoms with Gasteiger partial charge in [-0.3, -0.25) is 9.52 Å². The number of rotatable bonds is 9. The van der Waals surface area contributed by atoms with Gasteiger partial charge < -0.3 is 9.64 Å². The first-order valence-corrected chi connectivity index (χ1v) is 10.5. The molecular formula is C18H18Cl2F2N2O4S. The van der Waals surface area contributed by atoms with Crippen molar-refractivity contribution in [2.75, 3.05) is 31.5 Å². The van der Waals surface area contributed by atoms with Gasteiger partial charge >= 0.3 is 0 Å². The van der Waals surface area contributed by atoms with Gasteiger partial charge in [-0.05, 0) is 36.4 Å². The maximum Gasteiger partial charge on any atom is 0.263 e. The summed E-state index contributed by atoms with van der Waals surface area (Å²) in [7, 11) is -2.70. The van der Waals surface area contributed by atoms with E-state index < -0.39 is 28.9 Å². The standard InChI is InChI=1S/C18H18Cl2F2N2O4S/c1-28-8-7-24(11-17(21)22)18(25)12-3-2-4-14(9-12)23-29(26,27)16-10-13(19)5-6-15(16)20/h2-6,9-10,17,23H,7-8,11H2,1H3. The summed E-state index contributed by atoms with van der Waals surface area (Å²) in [4.78, 5) is 13.3. The molecule has 0 fully saturated rings. The van der Waals surface area contributed by atoms with Crippen LogP contribution in [0, 0.1) is 0 Å². The number of amides is 1. The SMILES string of the molecule is COCCN(CC(F)F)C(=O)c1cccc(NS(=O)(=O)c2cc(Cl)ccc2Cl)c1. The minimum Gasteiger partial charge on any atom is -0.383 e. The molecule has 0 unspecified atom stereocenters. The molecule has 0 spiro atoms. The summed E-state index contributed by atoms with van der Waals surface area (Å²) in [6.45, 7) is -0.720. The Bertz CT molecular complexity index is 974. The molecule has 1 N–H and O–H groups in total. The lowest BCUT2D eigenvalue weighted by Crippen LogP contribution is -2.37. The van der Waals surface area contributed by atoms with Crippen molar-refractivity contribution >= 4 is 44.8 Å². The molecule has 2 aromatic rings. The minimum atomic E-state index is -4.09. The molecule has 0 bridgehead atoms. The molecule has 6 nitrogen and oxygen atoms in total. The number of benzene rings is 2. The van der Waals surface area contributed by atoms with Crippen molar-refractivity contribution in [2.24, 2.45) is 0 Å². The summed E-state index contributed by atoms with van der Waals surface area (Å²) >= 11 is 11.8. The third-order valence-corrected chi connectivity index (χ3v) is 5.85. The molecule has 2 rings (SSSR count). The zero-order valence-electron chi connectivity index (χ0n) is 15.2. The lowest BCUT2D eigenvalue weighted by atomic mass is 10.2. The Morgan fingerprint density at radius 1 is 1.21 bits per heavy atom. The quantitative estimate of drug-likeness (QED) is 0.602. The van der Waals surface area contributed by atoms with Crippen molar-refractivity contribution < 1.29 is 26.7 Å². The number of nitrogens with one attached hydrogen (secondary N) is 1. The molecule has 1 amide bonds. The van der Waals surface area contributed by atoms with Crippen LogP contribution in [0.4, 0.5) is 14.5 Å². The molecule has 0 saturated heterocycles. The predicted molar refractivity (Wildman–Crippen MR) is 107 cm³/mol. The van der Waals surface area contributed by atoms with Gasteiger partial charge in [0.2, 0.25) is 0 Å². The van der Waals surface area contributed by atoms with E-state index in [-0.39, 0.29) is 39.3 Å². The largest absolute Gasteiger partial charge is 0.383 e. The Morgan fingerprint density at radius 2 is 1.93 bits per heavy atom. The average molecular weight is 467 g/mol. The number of methoxy groups -OCH3 is 1. The second-order valence-corrected chi connectivity index (χ2v) is 8.39. The van der Waals surface area contributed by atoms with Gasteiger partial charge in [-0.25, -0.2) is 17.2 Å².